The maximum absolute atomic E-state index is 5.46. The standard InChI is InChI=1S/C11H11N3S/c12-11(15)7-9-6-10(14-13-9)8-4-2-1-3-5-8/h1-6H,7H2,(H2,12,15)(H,13,14). The quantitative estimate of drug-likeness (QED) is 0.772. The predicted octanol–water partition coefficient (Wildman–Crippen LogP) is 1.91. The van der Waals surface area contributed by atoms with Gasteiger partial charge in [-0.25, -0.2) is 0 Å². The van der Waals surface area contributed by atoms with Crippen LogP contribution in [0.5, 0.6) is 0 Å². The molecule has 0 bridgehead atoms. The maximum Gasteiger partial charge on any atom is 0.0923 e. The Labute approximate surface area is 93.3 Å². The number of aromatic amines is 1. The second-order valence-electron chi connectivity index (χ2n) is 3.29. The lowest BCUT2D eigenvalue weighted by molar-refractivity contribution is 1.03. The van der Waals surface area contributed by atoms with Gasteiger partial charge in [-0.2, -0.15) is 5.10 Å². The van der Waals surface area contributed by atoms with Crippen molar-refractivity contribution < 1.29 is 0 Å². The summed E-state index contributed by atoms with van der Waals surface area (Å²) in [5.41, 5.74) is 8.41. The molecular weight excluding hydrogens is 206 g/mol. The molecule has 76 valence electrons. The van der Waals surface area contributed by atoms with Crippen molar-refractivity contribution in [2.45, 2.75) is 6.42 Å². The van der Waals surface area contributed by atoms with E-state index in [0.717, 1.165) is 17.0 Å². The van der Waals surface area contributed by atoms with Crippen LogP contribution >= 0.6 is 12.2 Å². The molecule has 0 spiro atoms. The van der Waals surface area contributed by atoms with E-state index in [1.165, 1.54) is 0 Å². The molecule has 1 heterocycles. The van der Waals surface area contributed by atoms with Gasteiger partial charge in [0.25, 0.3) is 0 Å². The van der Waals surface area contributed by atoms with Gasteiger partial charge in [-0.1, -0.05) is 42.5 Å². The topological polar surface area (TPSA) is 54.7 Å². The minimum absolute atomic E-state index is 0.471. The number of nitrogens with two attached hydrogens (primary N) is 1. The summed E-state index contributed by atoms with van der Waals surface area (Å²) in [7, 11) is 0. The highest BCUT2D eigenvalue weighted by Crippen LogP contribution is 2.16. The predicted molar refractivity (Wildman–Crippen MR) is 64.5 cm³/mol. The van der Waals surface area contributed by atoms with Gasteiger partial charge in [-0.05, 0) is 6.07 Å². The zero-order valence-electron chi connectivity index (χ0n) is 8.10. The maximum atomic E-state index is 5.46. The van der Waals surface area contributed by atoms with Gasteiger partial charge >= 0.3 is 0 Å². The Bertz CT molecular complexity index is 462. The molecule has 4 heteroatoms. The van der Waals surface area contributed by atoms with Crippen LogP contribution in [0, 0.1) is 0 Å². The molecule has 3 nitrogen and oxygen atoms in total. The summed E-state index contributed by atoms with van der Waals surface area (Å²) in [6.45, 7) is 0. The molecule has 3 N–H and O–H groups in total. The van der Waals surface area contributed by atoms with Gasteiger partial charge in [0.05, 0.1) is 10.7 Å². The van der Waals surface area contributed by atoms with Crippen LogP contribution in [-0.4, -0.2) is 15.2 Å². The van der Waals surface area contributed by atoms with Crippen molar-refractivity contribution in [3.8, 4) is 11.3 Å². The van der Waals surface area contributed by atoms with Crippen molar-refractivity contribution in [2.75, 3.05) is 0 Å². The summed E-state index contributed by atoms with van der Waals surface area (Å²) >= 11 is 4.83. The van der Waals surface area contributed by atoms with E-state index < -0.39 is 0 Å². The Kier molecular flexibility index (Phi) is 2.78. The molecule has 2 aromatic rings. The van der Waals surface area contributed by atoms with Crippen molar-refractivity contribution in [1.29, 1.82) is 0 Å². The molecule has 0 aliphatic rings. The van der Waals surface area contributed by atoms with Crippen LogP contribution < -0.4 is 5.73 Å². The van der Waals surface area contributed by atoms with E-state index in [-0.39, 0.29) is 0 Å². The molecule has 0 atom stereocenters. The summed E-state index contributed by atoms with van der Waals surface area (Å²) in [4.78, 5) is 0.471. The third kappa shape index (κ3) is 2.41. The van der Waals surface area contributed by atoms with Crippen molar-refractivity contribution >= 4 is 17.2 Å². The van der Waals surface area contributed by atoms with E-state index in [2.05, 4.69) is 10.2 Å². The number of hydrogen-bond acceptors (Lipinski definition) is 2. The van der Waals surface area contributed by atoms with Crippen LogP contribution in [0.15, 0.2) is 36.4 Å². The lowest BCUT2D eigenvalue weighted by Gasteiger charge is -1.93. The number of nitrogens with zero attached hydrogens (tertiary/aromatic N) is 1. The lowest BCUT2D eigenvalue weighted by atomic mass is 10.1. The zero-order valence-corrected chi connectivity index (χ0v) is 8.92. The SMILES string of the molecule is NC(=S)Cc1cc(-c2ccccc2)n[nH]1. The minimum atomic E-state index is 0.471. The third-order valence-corrected chi connectivity index (χ3v) is 2.21. The smallest absolute Gasteiger partial charge is 0.0923 e. The highest BCUT2D eigenvalue weighted by Gasteiger charge is 2.03. The average molecular weight is 217 g/mol. The van der Waals surface area contributed by atoms with Crippen molar-refractivity contribution in [2.24, 2.45) is 5.73 Å². The van der Waals surface area contributed by atoms with E-state index >= 15 is 0 Å². The van der Waals surface area contributed by atoms with Crippen LogP contribution in [0.2, 0.25) is 0 Å². The molecule has 0 radical (unpaired) electrons. The van der Waals surface area contributed by atoms with E-state index in [4.69, 9.17) is 18.0 Å². The second-order valence-corrected chi connectivity index (χ2v) is 3.81. The van der Waals surface area contributed by atoms with Crippen LogP contribution in [0.3, 0.4) is 0 Å². The highest BCUT2D eigenvalue weighted by atomic mass is 32.1. The van der Waals surface area contributed by atoms with Gasteiger partial charge in [0.15, 0.2) is 0 Å². The number of hydrogen-bond donors (Lipinski definition) is 2. The summed E-state index contributed by atoms with van der Waals surface area (Å²) in [5.74, 6) is 0. The fourth-order valence-corrected chi connectivity index (χ4v) is 1.55. The molecule has 0 saturated heterocycles. The summed E-state index contributed by atoms with van der Waals surface area (Å²) in [6.07, 6.45) is 0.565. The average Bonchev–Trinajstić information content (AvgIpc) is 2.67. The number of H-pyrrole nitrogens is 1. The van der Waals surface area contributed by atoms with Gasteiger partial charge in [0.2, 0.25) is 0 Å². The molecule has 0 saturated carbocycles. The Balaban J connectivity index is 2.24. The van der Waals surface area contributed by atoms with E-state index in [1.54, 1.807) is 0 Å². The first kappa shape index (κ1) is 9.86. The zero-order chi connectivity index (χ0) is 10.7. The van der Waals surface area contributed by atoms with Gasteiger partial charge < -0.3 is 5.73 Å². The Morgan fingerprint density at radius 3 is 2.73 bits per heavy atom. The molecule has 0 amide bonds. The largest absolute Gasteiger partial charge is 0.393 e. The van der Waals surface area contributed by atoms with Gasteiger partial charge in [0.1, 0.15) is 0 Å². The highest BCUT2D eigenvalue weighted by molar-refractivity contribution is 7.80. The molecule has 0 unspecified atom stereocenters. The van der Waals surface area contributed by atoms with Crippen LogP contribution in [0.25, 0.3) is 11.3 Å². The minimum Gasteiger partial charge on any atom is -0.393 e. The first-order valence-corrected chi connectivity index (χ1v) is 5.04. The van der Waals surface area contributed by atoms with Gasteiger partial charge in [-0.3, -0.25) is 5.10 Å². The monoisotopic (exact) mass is 217 g/mol. The van der Waals surface area contributed by atoms with Crippen LogP contribution in [0.4, 0.5) is 0 Å². The molecule has 1 aromatic heterocycles. The fraction of sp³-hybridized carbons (Fsp3) is 0.0909. The van der Waals surface area contributed by atoms with Crippen molar-refractivity contribution in [1.82, 2.24) is 10.2 Å². The van der Waals surface area contributed by atoms with E-state index in [1.807, 2.05) is 36.4 Å². The molecule has 0 fully saturated rings. The number of benzene rings is 1. The molecular formula is C11H11N3S. The van der Waals surface area contributed by atoms with Crippen LogP contribution in [-0.2, 0) is 6.42 Å². The molecule has 0 aliphatic heterocycles. The number of nitrogens with one attached hydrogen (secondary N) is 1. The lowest BCUT2D eigenvalue weighted by Crippen LogP contribution is -2.11. The summed E-state index contributed by atoms with van der Waals surface area (Å²) in [6, 6.07) is 11.9. The number of rotatable bonds is 3. The fourth-order valence-electron chi connectivity index (χ4n) is 1.40. The van der Waals surface area contributed by atoms with E-state index in [0.29, 0.717) is 11.4 Å². The van der Waals surface area contributed by atoms with Gasteiger partial charge in [-0.15, -0.1) is 0 Å². The third-order valence-electron chi connectivity index (χ3n) is 2.07. The number of thiocarbonyl (C=S) groups is 1. The van der Waals surface area contributed by atoms with Crippen LogP contribution in [0.1, 0.15) is 5.69 Å². The normalized spacial score (nSPS) is 10.1. The van der Waals surface area contributed by atoms with Crippen molar-refractivity contribution in [3.63, 3.8) is 0 Å². The molecule has 15 heavy (non-hydrogen) atoms. The first-order valence-electron chi connectivity index (χ1n) is 4.64. The molecule has 2 rings (SSSR count). The molecule has 0 aliphatic carbocycles. The Hall–Kier alpha value is -1.68. The van der Waals surface area contributed by atoms with Crippen molar-refractivity contribution in [3.05, 3.63) is 42.1 Å². The van der Waals surface area contributed by atoms with Gasteiger partial charge in [0, 0.05) is 17.7 Å². The Morgan fingerprint density at radius 1 is 1.33 bits per heavy atom. The van der Waals surface area contributed by atoms with E-state index in [9.17, 15) is 0 Å². The number of aromatic nitrogens is 2. The first-order chi connectivity index (χ1) is 7.25. The molecule has 1 aromatic carbocycles. The summed E-state index contributed by atoms with van der Waals surface area (Å²) < 4.78 is 0. The second kappa shape index (κ2) is 4.23. The summed E-state index contributed by atoms with van der Waals surface area (Å²) in [5, 5.41) is 7.12. The Morgan fingerprint density at radius 2 is 2.07 bits per heavy atom.